The van der Waals surface area contributed by atoms with Crippen LogP contribution in [0.15, 0.2) is 18.2 Å². The zero-order valence-corrected chi connectivity index (χ0v) is 18.7. The molecule has 7 heteroatoms. The maximum absolute atomic E-state index is 12.7. The van der Waals surface area contributed by atoms with Gasteiger partial charge in [0.05, 0.1) is 12.6 Å². The van der Waals surface area contributed by atoms with Crippen molar-refractivity contribution in [2.45, 2.75) is 39.2 Å². The summed E-state index contributed by atoms with van der Waals surface area (Å²) >= 11 is 0. The predicted octanol–water partition coefficient (Wildman–Crippen LogP) is 3.01. The van der Waals surface area contributed by atoms with Crippen molar-refractivity contribution in [2.24, 2.45) is 11.8 Å². The Kier molecular flexibility index (Phi) is 9.53. The fraction of sp³-hybridized carbons (Fsp3) is 0.682. The van der Waals surface area contributed by atoms with Gasteiger partial charge in [0, 0.05) is 0 Å². The maximum atomic E-state index is 12.7. The molecule has 0 saturated carbocycles. The van der Waals surface area contributed by atoms with Crippen molar-refractivity contribution in [3.8, 4) is 11.5 Å². The van der Waals surface area contributed by atoms with E-state index in [1.54, 1.807) is 0 Å². The van der Waals surface area contributed by atoms with Gasteiger partial charge in [0.25, 0.3) is 0 Å². The molecule has 1 aromatic carbocycles. The van der Waals surface area contributed by atoms with Gasteiger partial charge in [0.15, 0.2) is 11.5 Å². The molecule has 2 N–H and O–H groups in total. The Hall–Kier alpha value is -1.50. The van der Waals surface area contributed by atoms with Crippen LogP contribution in [-0.4, -0.2) is 57.2 Å². The number of hydrogen-bond donors (Lipinski definition) is 2. The molecule has 1 fully saturated rings. The molecule has 0 bridgehead atoms. The standard InChI is InChI=1S/C22H35N3O3.ClH/c1-16(2)22(18-4-5-19-20(14-18)28-13-12-27-19)24-21(26)15-25-10-7-17(8-11-25)6-9-23-3;/h4-5,14,16-17,22-23H,6-13,15H2,1-3H3,(H,24,26);1H. The minimum atomic E-state index is -0.0310. The number of likely N-dealkylation sites (tertiary alicyclic amines) is 1. The lowest BCUT2D eigenvalue weighted by atomic mass is 9.93. The number of fused-ring (bicyclic) bond motifs is 1. The molecule has 1 atom stereocenters. The summed E-state index contributed by atoms with van der Waals surface area (Å²) in [5, 5.41) is 6.48. The van der Waals surface area contributed by atoms with E-state index in [9.17, 15) is 4.79 Å². The first-order chi connectivity index (χ1) is 13.6. The molecule has 2 heterocycles. The van der Waals surface area contributed by atoms with Crippen molar-refractivity contribution in [3.05, 3.63) is 23.8 Å². The number of halogens is 1. The summed E-state index contributed by atoms with van der Waals surface area (Å²) < 4.78 is 11.3. The zero-order valence-electron chi connectivity index (χ0n) is 17.9. The van der Waals surface area contributed by atoms with Gasteiger partial charge in [0.1, 0.15) is 13.2 Å². The van der Waals surface area contributed by atoms with Crippen LogP contribution in [0, 0.1) is 11.8 Å². The van der Waals surface area contributed by atoms with Gasteiger partial charge in [-0.2, -0.15) is 0 Å². The Balaban J connectivity index is 0.00000300. The van der Waals surface area contributed by atoms with Gasteiger partial charge >= 0.3 is 0 Å². The number of nitrogens with zero attached hydrogens (tertiary/aromatic N) is 1. The molecule has 164 valence electrons. The minimum absolute atomic E-state index is 0. The van der Waals surface area contributed by atoms with Crippen LogP contribution < -0.4 is 20.1 Å². The van der Waals surface area contributed by atoms with Crippen LogP contribution in [0.1, 0.15) is 44.7 Å². The summed E-state index contributed by atoms with van der Waals surface area (Å²) in [5.74, 6) is 2.73. The highest BCUT2D eigenvalue weighted by Gasteiger charge is 2.24. The van der Waals surface area contributed by atoms with Crippen molar-refractivity contribution in [1.29, 1.82) is 0 Å². The lowest BCUT2D eigenvalue weighted by molar-refractivity contribution is -0.123. The van der Waals surface area contributed by atoms with Gasteiger partial charge in [-0.25, -0.2) is 0 Å². The predicted molar refractivity (Wildman–Crippen MR) is 118 cm³/mol. The fourth-order valence-electron chi connectivity index (χ4n) is 4.09. The van der Waals surface area contributed by atoms with E-state index in [-0.39, 0.29) is 24.4 Å². The Morgan fingerprint density at radius 3 is 2.52 bits per heavy atom. The van der Waals surface area contributed by atoms with Crippen molar-refractivity contribution in [2.75, 3.05) is 46.4 Å². The fourth-order valence-corrected chi connectivity index (χ4v) is 4.09. The number of carbonyl (C=O) groups excluding carboxylic acids is 1. The van der Waals surface area contributed by atoms with Crippen LogP contribution in [0.5, 0.6) is 11.5 Å². The molecule has 1 saturated heterocycles. The molecule has 2 aliphatic rings. The van der Waals surface area contributed by atoms with Crippen molar-refractivity contribution < 1.29 is 14.3 Å². The summed E-state index contributed by atoms with van der Waals surface area (Å²) in [5.41, 5.74) is 1.07. The Morgan fingerprint density at radius 1 is 1.17 bits per heavy atom. The molecule has 1 unspecified atom stereocenters. The molecular formula is C22H36ClN3O3. The van der Waals surface area contributed by atoms with Crippen LogP contribution in [-0.2, 0) is 4.79 Å². The molecule has 2 aliphatic heterocycles. The van der Waals surface area contributed by atoms with Gasteiger partial charge < -0.3 is 20.1 Å². The van der Waals surface area contributed by atoms with E-state index >= 15 is 0 Å². The number of hydrogen-bond acceptors (Lipinski definition) is 5. The normalized spacial score (nSPS) is 18.2. The Labute approximate surface area is 181 Å². The molecule has 3 rings (SSSR count). The summed E-state index contributed by atoms with van der Waals surface area (Å²) in [6, 6.07) is 5.95. The summed E-state index contributed by atoms with van der Waals surface area (Å²) in [6.45, 7) is 9.01. The largest absolute Gasteiger partial charge is 0.486 e. The van der Waals surface area contributed by atoms with Crippen molar-refractivity contribution >= 4 is 18.3 Å². The maximum Gasteiger partial charge on any atom is 0.234 e. The van der Waals surface area contributed by atoms with Gasteiger partial charge in [-0.3, -0.25) is 9.69 Å². The second kappa shape index (κ2) is 11.6. The molecule has 6 nitrogen and oxygen atoms in total. The third-order valence-corrected chi connectivity index (χ3v) is 5.79. The summed E-state index contributed by atoms with van der Waals surface area (Å²) in [6.07, 6.45) is 3.60. The zero-order chi connectivity index (χ0) is 19.9. The van der Waals surface area contributed by atoms with Crippen LogP contribution >= 0.6 is 12.4 Å². The van der Waals surface area contributed by atoms with Gasteiger partial charge in [-0.15, -0.1) is 12.4 Å². The Bertz CT molecular complexity index is 648. The highest BCUT2D eigenvalue weighted by atomic mass is 35.5. The molecule has 0 spiro atoms. The van der Waals surface area contributed by atoms with Crippen molar-refractivity contribution in [3.63, 3.8) is 0 Å². The van der Waals surface area contributed by atoms with Gasteiger partial charge in [0.2, 0.25) is 5.91 Å². The Morgan fingerprint density at radius 2 is 1.86 bits per heavy atom. The molecule has 29 heavy (non-hydrogen) atoms. The topological polar surface area (TPSA) is 62.8 Å². The van der Waals surface area contributed by atoms with Crippen molar-refractivity contribution in [1.82, 2.24) is 15.5 Å². The highest BCUT2D eigenvalue weighted by Crippen LogP contribution is 2.34. The number of rotatable bonds is 8. The van der Waals surface area contributed by atoms with E-state index in [4.69, 9.17) is 9.47 Å². The van der Waals surface area contributed by atoms with E-state index in [0.717, 1.165) is 42.6 Å². The lowest BCUT2D eigenvalue weighted by Gasteiger charge is -2.32. The summed E-state index contributed by atoms with van der Waals surface area (Å²) in [4.78, 5) is 15.0. The molecule has 0 radical (unpaired) electrons. The average Bonchev–Trinajstić information content (AvgIpc) is 2.71. The number of amides is 1. The highest BCUT2D eigenvalue weighted by molar-refractivity contribution is 5.85. The quantitative estimate of drug-likeness (QED) is 0.670. The second-order valence-corrected chi connectivity index (χ2v) is 8.30. The van der Waals surface area contributed by atoms with E-state index in [1.165, 1.54) is 19.3 Å². The molecule has 0 aromatic heterocycles. The number of benzene rings is 1. The number of ether oxygens (including phenoxy) is 2. The number of piperidine rings is 1. The second-order valence-electron chi connectivity index (χ2n) is 8.30. The van der Waals surface area contributed by atoms with E-state index in [1.807, 2.05) is 25.2 Å². The van der Waals surface area contributed by atoms with Crippen LogP contribution in [0.2, 0.25) is 0 Å². The molecule has 1 amide bonds. The number of nitrogens with one attached hydrogen (secondary N) is 2. The first kappa shape index (κ1) is 23.8. The third-order valence-electron chi connectivity index (χ3n) is 5.79. The smallest absolute Gasteiger partial charge is 0.234 e. The van der Waals surface area contributed by atoms with E-state index in [0.29, 0.717) is 25.7 Å². The average molecular weight is 426 g/mol. The van der Waals surface area contributed by atoms with Crippen LogP contribution in [0.3, 0.4) is 0 Å². The monoisotopic (exact) mass is 425 g/mol. The molecule has 0 aliphatic carbocycles. The van der Waals surface area contributed by atoms with Crippen LogP contribution in [0.25, 0.3) is 0 Å². The molecular weight excluding hydrogens is 390 g/mol. The first-order valence-corrected chi connectivity index (χ1v) is 10.6. The lowest BCUT2D eigenvalue weighted by Crippen LogP contribution is -2.43. The van der Waals surface area contributed by atoms with E-state index < -0.39 is 0 Å². The van der Waals surface area contributed by atoms with Crippen LogP contribution in [0.4, 0.5) is 0 Å². The molecule has 1 aromatic rings. The SMILES string of the molecule is CNCCC1CCN(CC(=O)NC(c2ccc3c(c2)OCCO3)C(C)C)CC1.Cl. The number of carbonyl (C=O) groups is 1. The third kappa shape index (κ3) is 6.76. The minimum Gasteiger partial charge on any atom is -0.486 e. The summed E-state index contributed by atoms with van der Waals surface area (Å²) in [7, 11) is 2.01. The van der Waals surface area contributed by atoms with Gasteiger partial charge in [-0.1, -0.05) is 19.9 Å². The van der Waals surface area contributed by atoms with E-state index in [2.05, 4.69) is 29.4 Å². The first-order valence-electron chi connectivity index (χ1n) is 10.6. The van der Waals surface area contributed by atoms with Gasteiger partial charge in [-0.05, 0) is 75.5 Å².